The van der Waals surface area contributed by atoms with E-state index in [0.29, 0.717) is 34.9 Å². The number of nitrogens with zero attached hydrogens (tertiary/aromatic N) is 5. The first kappa shape index (κ1) is 18.0. The van der Waals surface area contributed by atoms with Crippen molar-refractivity contribution in [3.8, 4) is 23.0 Å². The predicted octanol–water partition coefficient (Wildman–Crippen LogP) is 3.34. The number of aromatic nitrogens is 5. The van der Waals surface area contributed by atoms with Gasteiger partial charge in [-0.15, -0.1) is 20.4 Å². The van der Waals surface area contributed by atoms with Gasteiger partial charge in [-0.1, -0.05) is 11.8 Å². The largest absolute Gasteiger partial charge is 0.461 e. The molecule has 0 aliphatic rings. The van der Waals surface area contributed by atoms with Crippen LogP contribution in [0.1, 0.15) is 6.92 Å². The van der Waals surface area contributed by atoms with E-state index in [-0.39, 0.29) is 11.7 Å². The molecule has 0 atom stereocenters. The lowest BCUT2D eigenvalue weighted by Crippen LogP contribution is -2.14. The van der Waals surface area contributed by atoms with Gasteiger partial charge in [0.15, 0.2) is 16.7 Å². The van der Waals surface area contributed by atoms with Crippen LogP contribution in [0.5, 0.6) is 0 Å². The third-order valence-corrected chi connectivity index (χ3v) is 4.85. The molecular formula is C18H16N6O3S. The average Bonchev–Trinajstić information content (AvgIpc) is 3.48. The molecule has 28 heavy (non-hydrogen) atoms. The molecule has 1 amide bonds. The Balaban J connectivity index is 1.37. The Morgan fingerprint density at radius 1 is 1.14 bits per heavy atom. The summed E-state index contributed by atoms with van der Waals surface area (Å²) < 4.78 is 12.4. The van der Waals surface area contributed by atoms with Crippen LogP contribution in [0, 0.1) is 0 Å². The van der Waals surface area contributed by atoms with E-state index in [1.54, 1.807) is 36.6 Å². The Kier molecular flexibility index (Phi) is 5.20. The topological polar surface area (TPSA) is 112 Å². The highest BCUT2D eigenvalue weighted by atomic mass is 32.2. The maximum Gasteiger partial charge on any atom is 0.247 e. The second-order valence-electron chi connectivity index (χ2n) is 5.69. The zero-order valence-corrected chi connectivity index (χ0v) is 15.7. The van der Waals surface area contributed by atoms with Gasteiger partial charge in [0, 0.05) is 17.8 Å². The Hall–Kier alpha value is -3.40. The molecule has 3 heterocycles. The summed E-state index contributed by atoms with van der Waals surface area (Å²) >= 11 is 1.32. The van der Waals surface area contributed by atoms with Crippen LogP contribution < -0.4 is 5.32 Å². The Morgan fingerprint density at radius 2 is 2.00 bits per heavy atom. The number of hydrogen-bond donors (Lipinski definition) is 1. The summed E-state index contributed by atoms with van der Waals surface area (Å²) in [5, 5.41) is 19.4. The van der Waals surface area contributed by atoms with E-state index in [4.69, 9.17) is 8.83 Å². The lowest BCUT2D eigenvalue weighted by Gasteiger charge is -2.07. The molecular weight excluding hydrogens is 380 g/mol. The highest BCUT2D eigenvalue weighted by molar-refractivity contribution is 7.99. The van der Waals surface area contributed by atoms with E-state index in [1.807, 2.05) is 17.6 Å². The molecule has 0 aliphatic heterocycles. The number of carbonyl (C=O) groups excluding carboxylic acids is 1. The van der Waals surface area contributed by atoms with Gasteiger partial charge in [0.1, 0.15) is 0 Å². The average molecular weight is 396 g/mol. The van der Waals surface area contributed by atoms with Crippen LogP contribution in [-0.2, 0) is 11.3 Å². The molecule has 0 aliphatic carbocycles. The van der Waals surface area contributed by atoms with Gasteiger partial charge >= 0.3 is 0 Å². The van der Waals surface area contributed by atoms with Gasteiger partial charge in [-0.2, -0.15) is 0 Å². The van der Waals surface area contributed by atoms with Gasteiger partial charge in [-0.3, -0.25) is 9.36 Å². The first-order valence-electron chi connectivity index (χ1n) is 8.51. The van der Waals surface area contributed by atoms with Crippen molar-refractivity contribution in [1.29, 1.82) is 0 Å². The van der Waals surface area contributed by atoms with Crippen molar-refractivity contribution < 1.29 is 13.6 Å². The van der Waals surface area contributed by atoms with Crippen molar-refractivity contribution in [2.75, 3.05) is 11.1 Å². The molecule has 142 valence electrons. The summed E-state index contributed by atoms with van der Waals surface area (Å²) in [6, 6.07) is 10.8. The SMILES string of the molecule is CCn1c(SCC(=O)Nc2ccc(-c3nnco3)cc2)nnc1-c1ccco1. The lowest BCUT2D eigenvalue weighted by atomic mass is 10.2. The molecule has 0 spiro atoms. The summed E-state index contributed by atoms with van der Waals surface area (Å²) in [4.78, 5) is 12.3. The number of carbonyl (C=O) groups is 1. The number of thioether (sulfide) groups is 1. The highest BCUT2D eigenvalue weighted by Crippen LogP contribution is 2.24. The van der Waals surface area contributed by atoms with Crippen LogP contribution in [-0.4, -0.2) is 36.6 Å². The first-order chi connectivity index (χ1) is 13.7. The molecule has 0 radical (unpaired) electrons. The summed E-state index contributed by atoms with van der Waals surface area (Å²) in [7, 11) is 0. The molecule has 10 heteroatoms. The fourth-order valence-corrected chi connectivity index (χ4v) is 3.39. The predicted molar refractivity (Wildman–Crippen MR) is 102 cm³/mol. The molecule has 0 saturated heterocycles. The Bertz CT molecular complexity index is 1040. The van der Waals surface area contributed by atoms with Crippen LogP contribution >= 0.6 is 11.8 Å². The monoisotopic (exact) mass is 396 g/mol. The van der Waals surface area contributed by atoms with Crippen molar-refractivity contribution >= 4 is 23.4 Å². The molecule has 9 nitrogen and oxygen atoms in total. The number of hydrogen-bond acceptors (Lipinski definition) is 8. The number of rotatable bonds is 7. The van der Waals surface area contributed by atoms with Gasteiger partial charge in [-0.25, -0.2) is 0 Å². The Labute approximate surface area is 164 Å². The van der Waals surface area contributed by atoms with Crippen molar-refractivity contribution in [3.05, 3.63) is 49.1 Å². The molecule has 0 fully saturated rings. The zero-order chi connectivity index (χ0) is 19.3. The third kappa shape index (κ3) is 3.81. The van der Waals surface area contributed by atoms with Gasteiger partial charge < -0.3 is 14.2 Å². The molecule has 0 bridgehead atoms. The quantitative estimate of drug-likeness (QED) is 0.473. The maximum absolute atomic E-state index is 12.3. The molecule has 4 rings (SSSR count). The van der Waals surface area contributed by atoms with Gasteiger partial charge in [-0.05, 0) is 43.3 Å². The van der Waals surface area contributed by atoms with E-state index in [2.05, 4.69) is 25.7 Å². The lowest BCUT2D eigenvalue weighted by molar-refractivity contribution is -0.113. The number of furan rings is 1. The van der Waals surface area contributed by atoms with Crippen LogP contribution in [0.25, 0.3) is 23.0 Å². The van der Waals surface area contributed by atoms with E-state index in [1.165, 1.54) is 18.2 Å². The van der Waals surface area contributed by atoms with Gasteiger partial charge in [0.25, 0.3) is 0 Å². The van der Waals surface area contributed by atoms with E-state index < -0.39 is 0 Å². The zero-order valence-electron chi connectivity index (χ0n) is 14.9. The number of amides is 1. The second kappa shape index (κ2) is 8.09. The fraction of sp³-hybridized carbons (Fsp3) is 0.167. The molecule has 1 aromatic carbocycles. The summed E-state index contributed by atoms with van der Waals surface area (Å²) in [6.07, 6.45) is 2.86. The number of benzene rings is 1. The third-order valence-electron chi connectivity index (χ3n) is 3.88. The van der Waals surface area contributed by atoms with Crippen molar-refractivity contribution in [3.63, 3.8) is 0 Å². The second-order valence-corrected chi connectivity index (χ2v) is 6.63. The maximum atomic E-state index is 12.3. The van der Waals surface area contributed by atoms with Crippen molar-refractivity contribution in [1.82, 2.24) is 25.0 Å². The molecule has 0 unspecified atom stereocenters. The van der Waals surface area contributed by atoms with Crippen molar-refractivity contribution in [2.24, 2.45) is 0 Å². The van der Waals surface area contributed by atoms with Crippen LogP contribution in [0.15, 0.2) is 63.0 Å². The number of nitrogens with one attached hydrogen (secondary N) is 1. The van der Waals surface area contributed by atoms with E-state index in [0.717, 1.165) is 5.56 Å². The molecule has 4 aromatic rings. The minimum Gasteiger partial charge on any atom is -0.461 e. The van der Waals surface area contributed by atoms with Crippen LogP contribution in [0.4, 0.5) is 5.69 Å². The molecule has 0 saturated carbocycles. The summed E-state index contributed by atoms with van der Waals surface area (Å²) in [5.74, 6) is 1.79. The normalized spacial score (nSPS) is 10.9. The molecule has 3 aromatic heterocycles. The minimum absolute atomic E-state index is 0.138. The van der Waals surface area contributed by atoms with Gasteiger partial charge in [0.05, 0.1) is 12.0 Å². The summed E-state index contributed by atoms with van der Waals surface area (Å²) in [5.41, 5.74) is 1.47. The Morgan fingerprint density at radius 3 is 2.68 bits per heavy atom. The first-order valence-corrected chi connectivity index (χ1v) is 9.49. The highest BCUT2D eigenvalue weighted by Gasteiger charge is 2.16. The standard InChI is InChI=1S/C18H16N6O3S/c1-2-24-16(14-4-3-9-26-14)21-23-18(24)28-10-15(25)20-13-7-5-12(6-8-13)17-22-19-11-27-17/h3-9,11H,2,10H2,1H3,(H,20,25). The smallest absolute Gasteiger partial charge is 0.247 e. The van der Waals surface area contributed by atoms with Crippen molar-refractivity contribution in [2.45, 2.75) is 18.6 Å². The van der Waals surface area contributed by atoms with Crippen LogP contribution in [0.3, 0.4) is 0 Å². The van der Waals surface area contributed by atoms with Crippen LogP contribution in [0.2, 0.25) is 0 Å². The minimum atomic E-state index is -0.138. The van der Waals surface area contributed by atoms with E-state index in [9.17, 15) is 4.79 Å². The van der Waals surface area contributed by atoms with E-state index >= 15 is 0 Å². The molecule has 1 N–H and O–H groups in total. The van der Waals surface area contributed by atoms with Gasteiger partial charge in [0.2, 0.25) is 18.2 Å². The fourth-order valence-electron chi connectivity index (χ4n) is 2.59. The number of anilines is 1. The summed E-state index contributed by atoms with van der Waals surface area (Å²) in [6.45, 7) is 2.66.